The molecule has 0 saturated heterocycles. The minimum absolute atomic E-state index is 0.515. The second-order valence-electron chi connectivity index (χ2n) is 5.37. The van der Waals surface area contributed by atoms with Gasteiger partial charge in [-0.2, -0.15) is 0 Å². The Bertz CT molecular complexity index is 517. The maximum atomic E-state index is 4.49. The number of hydrogen-bond acceptors (Lipinski definition) is 3. The molecule has 19 heavy (non-hydrogen) atoms. The number of benzene rings is 1. The van der Waals surface area contributed by atoms with Crippen LogP contribution in [0, 0.1) is 0 Å². The zero-order valence-electron chi connectivity index (χ0n) is 12.1. The number of para-hydroxylation sites is 1. The number of pyridine rings is 1. The summed E-state index contributed by atoms with van der Waals surface area (Å²) in [6, 6.07) is 11.0. The van der Waals surface area contributed by atoms with Gasteiger partial charge in [-0.15, -0.1) is 0 Å². The van der Waals surface area contributed by atoms with Crippen LogP contribution in [-0.2, 0) is 6.54 Å². The maximum absolute atomic E-state index is 4.49. The topological polar surface area (TPSA) is 28.2 Å². The summed E-state index contributed by atoms with van der Waals surface area (Å²) in [5.74, 6) is 0. The third-order valence-electron chi connectivity index (χ3n) is 3.37. The van der Waals surface area contributed by atoms with Crippen LogP contribution in [0.3, 0.4) is 0 Å². The van der Waals surface area contributed by atoms with Crippen LogP contribution < -0.4 is 5.32 Å². The number of nitrogens with zero attached hydrogens (tertiary/aromatic N) is 2. The van der Waals surface area contributed by atoms with Crippen molar-refractivity contribution in [1.82, 2.24) is 15.2 Å². The second kappa shape index (κ2) is 6.64. The Balaban J connectivity index is 1.98. The van der Waals surface area contributed by atoms with Gasteiger partial charge in [0.05, 0.1) is 5.52 Å². The highest BCUT2D eigenvalue weighted by atomic mass is 15.1. The molecule has 2 rings (SSSR count). The highest BCUT2D eigenvalue weighted by Crippen LogP contribution is 2.15. The summed E-state index contributed by atoms with van der Waals surface area (Å²) in [5, 5.41) is 4.79. The lowest BCUT2D eigenvalue weighted by molar-refractivity contribution is 0.366. The first-order valence-corrected chi connectivity index (χ1v) is 6.87. The van der Waals surface area contributed by atoms with Crippen molar-refractivity contribution in [3.63, 3.8) is 0 Å². The number of nitrogens with one attached hydrogen (secondary N) is 1. The fraction of sp³-hybridized carbons (Fsp3) is 0.438. The van der Waals surface area contributed by atoms with Crippen LogP contribution in [-0.4, -0.2) is 36.6 Å². The normalized spacial score (nSPS) is 13.1. The average Bonchev–Trinajstić information content (AvgIpc) is 2.42. The van der Waals surface area contributed by atoms with Gasteiger partial charge in [-0.1, -0.05) is 24.3 Å². The molecule has 1 atom stereocenters. The van der Waals surface area contributed by atoms with Crippen molar-refractivity contribution < 1.29 is 0 Å². The Kier molecular flexibility index (Phi) is 4.88. The van der Waals surface area contributed by atoms with E-state index >= 15 is 0 Å². The first-order valence-electron chi connectivity index (χ1n) is 6.87. The molecule has 1 N–H and O–H groups in total. The molecule has 0 aliphatic rings. The monoisotopic (exact) mass is 257 g/mol. The van der Waals surface area contributed by atoms with Crippen LogP contribution in [0.2, 0.25) is 0 Å². The highest BCUT2D eigenvalue weighted by molar-refractivity contribution is 5.81. The second-order valence-corrected chi connectivity index (χ2v) is 5.37. The first-order chi connectivity index (χ1) is 9.16. The van der Waals surface area contributed by atoms with E-state index in [1.54, 1.807) is 0 Å². The Hall–Kier alpha value is -1.45. The molecule has 3 heteroatoms. The summed E-state index contributed by atoms with van der Waals surface area (Å²) >= 11 is 0. The van der Waals surface area contributed by atoms with Gasteiger partial charge in [0.1, 0.15) is 0 Å². The lowest BCUT2D eigenvalue weighted by Gasteiger charge is -2.17. The highest BCUT2D eigenvalue weighted by Gasteiger charge is 2.05. The van der Waals surface area contributed by atoms with Gasteiger partial charge in [-0.05, 0) is 45.6 Å². The van der Waals surface area contributed by atoms with Crippen molar-refractivity contribution in [2.75, 3.05) is 20.6 Å². The summed E-state index contributed by atoms with van der Waals surface area (Å²) in [4.78, 5) is 6.70. The van der Waals surface area contributed by atoms with Crippen LogP contribution >= 0.6 is 0 Å². The summed E-state index contributed by atoms with van der Waals surface area (Å²) in [5.41, 5.74) is 2.38. The van der Waals surface area contributed by atoms with Crippen molar-refractivity contribution in [3.05, 3.63) is 42.1 Å². The summed E-state index contributed by atoms with van der Waals surface area (Å²) < 4.78 is 0. The fourth-order valence-corrected chi connectivity index (χ4v) is 2.15. The standard InChI is InChI=1S/C16H23N3/c1-13(9-11-19(2)3)18-12-15-7-4-6-14-8-5-10-17-16(14)15/h4-8,10,13,18H,9,11-12H2,1-3H3. The Morgan fingerprint density at radius 3 is 2.79 bits per heavy atom. The van der Waals surface area contributed by atoms with Gasteiger partial charge in [0.15, 0.2) is 0 Å². The summed E-state index contributed by atoms with van der Waals surface area (Å²) in [6.45, 7) is 4.23. The molecule has 1 unspecified atom stereocenters. The van der Waals surface area contributed by atoms with Crippen LogP contribution in [0.25, 0.3) is 10.9 Å². The third kappa shape index (κ3) is 4.01. The lowest BCUT2D eigenvalue weighted by Crippen LogP contribution is -2.29. The molecule has 0 bridgehead atoms. The maximum Gasteiger partial charge on any atom is 0.0746 e. The van der Waals surface area contributed by atoms with E-state index in [1.165, 1.54) is 10.9 Å². The van der Waals surface area contributed by atoms with Crippen molar-refractivity contribution in [2.45, 2.75) is 25.9 Å². The molecule has 0 amide bonds. The van der Waals surface area contributed by atoms with E-state index in [9.17, 15) is 0 Å². The van der Waals surface area contributed by atoms with E-state index in [4.69, 9.17) is 0 Å². The Morgan fingerprint density at radius 1 is 1.21 bits per heavy atom. The molecular weight excluding hydrogens is 234 g/mol. The van der Waals surface area contributed by atoms with Crippen LogP contribution in [0.5, 0.6) is 0 Å². The summed E-state index contributed by atoms with van der Waals surface area (Å²) in [7, 11) is 4.22. The van der Waals surface area contributed by atoms with E-state index in [1.807, 2.05) is 12.3 Å². The van der Waals surface area contributed by atoms with Gasteiger partial charge in [0, 0.05) is 24.2 Å². The predicted octanol–water partition coefficient (Wildman–Crippen LogP) is 2.66. The van der Waals surface area contributed by atoms with Crippen molar-refractivity contribution >= 4 is 10.9 Å². The smallest absolute Gasteiger partial charge is 0.0746 e. The van der Waals surface area contributed by atoms with Gasteiger partial charge in [-0.3, -0.25) is 4.98 Å². The number of aromatic nitrogens is 1. The molecule has 3 nitrogen and oxygen atoms in total. The zero-order chi connectivity index (χ0) is 13.7. The molecule has 0 aliphatic heterocycles. The van der Waals surface area contributed by atoms with Crippen LogP contribution in [0.1, 0.15) is 18.9 Å². The predicted molar refractivity (Wildman–Crippen MR) is 81.2 cm³/mol. The third-order valence-corrected chi connectivity index (χ3v) is 3.37. The van der Waals surface area contributed by atoms with Gasteiger partial charge >= 0.3 is 0 Å². The van der Waals surface area contributed by atoms with E-state index in [2.05, 4.69) is 60.5 Å². The lowest BCUT2D eigenvalue weighted by atomic mass is 10.1. The SMILES string of the molecule is CC(CCN(C)C)NCc1cccc2cccnc12. The van der Waals surface area contributed by atoms with E-state index in [0.717, 1.165) is 25.0 Å². The van der Waals surface area contributed by atoms with Gasteiger partial charge in [0.2, 0.25) is 0 Å². The zero-order valence-corrected chi connectivity index (χ0v) is 12.1. The molecule has 1 aromatic heterocycles. The molecule has 0 fully saturated rings. The van der Waals surface area contributed by atoms with Crippen LogP contribution in [0.4, 0.5) is 0 Å². The van der Waals surface area contributed by atoms with E-state index in [0.29, 0.717) is 6.04 Å². The van der Waals surface area contributed by atoms with E-state index < -0.39 is 0 Å². The number of hydrogen-bond donors (Lipinski definition) is 1. The van der Waals surface area contributed by atoms with Crippen molar-refractivity contribution in [2.24, 2.45) is 0 Å². The molecular formula is C16H23N3. The molecule has 0 aliphatic carbocycles. The molecule has 1 heterocycles. The molecule has 0 radical (unpaired) electrons. The fourth-order valence-electron chi connectivity index (χ4n) is 2.15. The number of fused-ring (bicyclic) bond motifs is 1. The molecule has 1 aromatic carbocycles. The van der Waals surface area contributed by atoms with Gasteiger partial charge in [-0.25, -0.2) is 0 Å². The molecule has 0 spiro atoms. The molecule has 102 valence electrons. The van der Waals surface area contributed by atoms with E-state index in [-0.39, 0.29) is 0 Å². The van der Waals surface area contributed by atoms with Gasteiger partial charge in [0.25, 0.3) is 0 Å². The number of rotatable bonds is 6. The average molecular weight is 257 g/mol. The first kappa shape index (κ1) is 14.0. The van der Waals surface area contributed by atoms with Crippen LogP contribution in [0.15, 0.2) is 36.5 Å². The Labute approximate surface area is 115 Å². The Morgan fingerprint density at radius 2 is 2.00 bits per heavy atom. The molecule has 2 aromatic rings. The minimum atomic E-state index is 0.515. The quantitative estimate of drug-likeness (QED) is 0.862. The van der Waals surface area contributed by atoms with Crippen molar-refractivity contribution in [3.8, 4) is 0 Å². The largest absolute Gasteiger partial charge is 0.310 e. The van der Waals surface area contributed by atoms with Crippen molar-refractivity contribution in [1.29, 1.82) is 0 Å². The van der Waals surface area contributed by atoms with Gasteiger partial charge < -0.3 is 10.2 Å². The minimum Gasteiger partial charge on any atom is -0.310 e. The summed E-state index contributed by atoms with van der Waals surface area (Å²) in [6.07, 6.45) is 3.02. The molecule has 0 saturated carbocycles.